The number of aliphatic hydroxyl groups excluding tert-OH is 1. The fourth-order valence-electron chi connectivity index (χ4n) is 3.36. The van der Waals surface area contributed by atoms with E-state index in [4.69, 9.17) is 0 Å². The highest BCUT2D eigenvalue weighted by Crippen LogP contribution is 2.35. The Morgan fingerprint density at radius 3 is 2.67 bits per heavy atom. The minimum Gasteiger partial charge on any atom is -0.481 e. The maximum absolute atomic E-state index is 12.1. The van der Waals surface area contributed by atoms with Crippen molar-refractivity contribution in [2.24, 2.45) is 5.41 Å². The van der Waals surface area contributed by atoms with Crippen LogP contribution in [0.25, 0.3) is 0 Å². The molecule has 1 amide bonds. The number of carbonyl (C=O) groups is 2. The molecular formula is C18H26N2O4. The van der Waals surface area contributed by atoms with E-state index in [1.54, 1.807) is 0 Å². The number of hydrogen-bond acceptors (Lipinski definition) is 4. The third-order valence-electron chi connectivity index (χ3n) is 4.68. The molecular weight excluding hydrogens is 308 g/mol. The average Bonchev–Trinajstić information content (AvgIpc) is 2.57. The predicted octanol–water partition coefficient (Wildman–Crippen LogP) is 1.24. The topological polar surface area (TPSA) is 89.9 Å². The van der Waals surface area contributed by atoms with E-state index >= 15 is 0 Å². The van der Waals surface area contributed by atoms with E-state index in [0.717, 1.165) is 5.56 Å². The first-order valence-corrected chi connectivity index (χ1v) is 8.42. The number of piperidine rings is 1. The van der Waals surface area contributed by atoms with Gasteiger partial charge in [-0.05, 0) is 18.4 Å². The molecule has 1 heterocycles. The average molecular weight is 334 g/mol. The monoisotopic (exact) mass is 334 g/mol. The van der Waals surface area contributed by atoms with Crippen LogP contribution >= 0.6 is 0 Å². The molecule has 1 fully saturated rings. The normalized spacial score (nSPS) is 24.5. The standard InChI is InChI=1S/C18H26N2O4/c1-2-9-18(17(23)24)13-20(10-8-15(18)21)12-16(22)19-11-14-6-4-3-5-7-14/h3-7,15,21H,2,8-13H2,1H3,(H,19,22)(H,23,24)/t15-,18+/m0/s1. The minimum atomic E-state index is -1.17. The van der Waals surface area contributed by atoms with Gasteiger partial charge in [0, 0.05) is 19.6 Å². The number of aliphatic hydroxyl groups is 1. The fraction of sp³-hybridized carbons (Fsp3) is 0.556. The Kier molecular flexibility index (Phi) is 6.34. The molecule has 0 saturated carbocycles. The van der Waals surface area contributed by atoms with Crippen LogP contribution in [0.3, 0.4) is 0 Å². The summed E-state index contributed by atoms with van der Waals surface area (Å²) < 4.78 is 0. The molecule has 6 heteroatoms. The third kappa shape index (κ3) is 4.33. The maximum Gasteiger partial charge on any atom is 0.313 e. The molecule has 0 aromatic heterocycles. The van der Waals surface area contributed by atoms with E-state index in [0.29, 0.717) is 32.4 Å². The molecule has 1 aromatic rings. The van der Waals surface area contributed by atoms with Gasteiger partial charge in [-0.1, -0.05) is 43.7 Å². The van der Waals surface area contributed by atoms with Crippen molar-refractivity contribution in [2.45, 2.75) is 38.8 Å². The van der Waals surface area contributed by atoms with Gasteiger partial charge in [-0.25, -0.2) is 0 Å². The highest BCUT2D eigenvalue weighted by molar-refractivity contribution is 5.79. The summed E-state index contributed by atoms with van der Waals surface area (Å²) in [5.74, 6) is -1.11. The van der Waals surface area contributed by atoms with Gasteiger partial charge >= 0.3 is 5.97 Å². The summed E-state index contributed by atoms with van der Waals surface area (Å²) in [7, 11) is 0. The molecule has 2 rings (SSSR count). The molecule has 1 aliphatic rings. The van der Waals surface area contributed by atoms with E-state index in [2.05, 4.69) is 5.32 Å². The summed E-state index contributed by atoms with van der Waals surface area (Å²) in [6.45, 7) is 3.24. The zero-order chi connectivity index (χ0) is 17.6. The van der Waals surface area contributed by atoms with Crippen molar-refractivity contribution in [2.75, 3.05) is 19.6 Å². The van der Waals surface area contributed by atoms with Crippen molar-refractivity contribution in [1.29, 1.82) is 0 Å². The summed E-state index contributed by atoms with van der Waals surface area (Å²) in [5, 5.41) is 22.7. The van der Waals surface area contributed by atoms with Crippen molar-refractivity contribution >= 4 is 11.9 Å². The summed E-state index contributed by atoms with van der Waals surface area (Å²) in [4.78, 5) is 25.7. The first-order chi connectivity index (χ1) is 11.5. The van der Waals surface area contributed by atoms with Crippen LogP contribution in [0.2, 0.25) is 0 Å². The summed E-state index contributed by atoms with van der Waals surface area (Å²) in [5.41, 5.74) is -0.155. The molecule has 0 aliphatic carbocycles. The molecule has 2 atom stereocenters. The van der Waals surface area contributed by atoms with Crippen molar-refractivity contribution < 1.29 is 19.8 Å². The minimum absolute atomic E-state index is 0.133. The third-order valence-corrected chi connectivity index (χ3v) is 4.68. The lowest BCUT2D eigenvalue weighted by molar-refractivity contribution is -0.165. The highest BCUT2D eigenvalue weighted by atomic mass is 16.4. The van der Waals surface area contributed by atoms with Crippen molar-refractivity contribution in [3.63, 3.8) is 0 Å². The predicted molar refractivity (Wildman–Crippen MR) is 90.3 cm³/mol. The van der Waals surface area contributed by atoms with Crippen LogP contribution in [0.15, 0.2) is 30.3 Å². The molecule has 1 saturated heterocycles. The summed E-state index contributed by atoms with van der Waals surface area (Å²) in [6, 6.07) is 9.63. The van der Waals surface area contributed by atoms with Crippen molar-refractivity contribution in [1.82, 2.24) is 10.2 Å². The number of hydrogen-bond donors (Lipinski definition) is 3. The molecule has 0 unspecified atom stereocenters. The van der Waals surface area contributed by atoms with E-state index in [1.807, 2.05) is 42.2 Å². The molecule has 3 N–H and O–H groups in total. The summed E-state index contributed by atoms with van der Waals surface area (Å²) in [6.07, 6.45) is 0.597. The number of aliphatic carboxylic acids is 1. The molecule has 6 nitrogen and oxygen atoms in total. The molecule has 0 bridgehead atoms. The van der Waals surface area contributed by atoms with Gasteiger partial charge in [-0.3, -0.25) is 14.5 Å². The lowest BCUT2D eigenvalue weighted by Gasteiger charge is -2.43. The van der Waals surface area contributed by atoms with Gasteiger partial charge in [0.15, 0.2) is 0 Å². The van der Waals surface area contributed by atoms with Gasteiger partial charge in [0.25, 0.3) is 0 Å². The van der Waals surface area contributed by atoms with Crippen LogP contribution in [0.4, 0.5) is 0 Å². The first-order valence-electron chi connectivity index (χ1n) is 8.42. The van der Waals surface area contributed by atoms with Crippen LogP contribution in [0.1, 0.15) is 31.7 Å². The lowest BCUT2D eigenvalue weighted by atomic mass is 9.74. The molecule has 0 spiro atoms. The van der Waals surface area contributed by atoms with Gasteiger partial charge in [0.2, 0.25) is 5.91 Å². The highest BCUT2D eigenvalue weighted by Gasteiger charge is 2.48. The number of rotatable bonds is 7. The fourth-order valence-corrected chi connectivity index (χ4v) is 3.36. The number of nitrogens with zero attached hydrogens (tertiary/aromatic N) is 1. The quantitative estimate of drug-likeness (QED) is 0.698. The summed E-state index contributed by atoms with van der Waals surface area (Å²) >= 11 is 0. The van der Waals surface area contributed by atoms with Crippen LogP contribution in [0.5, 0.6) is 0 Å². The maximum atomic E-state index is 12.1. The Morgan fingerprint density at radius 2 is 2.04 bits per heavy atom. The Labute approximate surface area is 142 Å². The van der Waals surface area contributed by atoms with Crippen LogP contribution < -0.4 is 5.32 Å². The second-order valence-electron chi connectivity index (χ2n) is 6.49. The van der Waals surface area contributed by atoms with E-state index < -0.39 is 17.5 Å². The molecule has 1 aliphatic heterocycles. The van der Waals surface area contributed by atoms with Gasteiger partial charge in [-0.2, -0.15) is 0 Å². The Balaban J connectivity index is 1.92. The van der Waals surface area contributed by atoms with Crippen molar-refractivity contribution in [3.05, 3.63) is 35.9 Å². The number of likely N-dealkylation sites (tertiary alicyclic amines) is 1. The largest absolute Gasteiger partial charge is 0.481 e. The first kappa shape index (κ1) is 18.4. The van der Waals surface area contributed by atoms with Gasteiger partial charge in [0.05, 0.1) is 12.6 Å². The van der Waals surface area contributed by atoms with Crippen LogP contribution in [0, 0.1) is 5.41 Å². The second-order valence-corrected chi connectivity index (χ2v) is 6.49. The molecule has 1 aromatic carbocycles. The SMILES string of the molecule is CCC[C@@]1(C(=O)O)CN(CC(=O)NCc2ccccc2)CC[C@@H]1O. The number of benzene rings is 1. The van der Waals surface area contributed by atoms with E-state index in [-0.39, 0.29) is 19.0 Å². The Bertz CT molecular complexity index is 563. The number of nitrogens with one attached hydrogen (secondary N) is 1. The van der Waals surface area contributed by atoms with E-state index in [1.165, 1.54) is 0 Å². The number of amides is 1. The number of carbonyl (C=O) groups excluding carboxylic acids is 1. The van der Waals surface area contributed by atoms with Gasteiger partial charge < -0.3 is 15.5 Å². The van der Waals surface area contributed by atoms with Crippen molar-refractivity contribution in [3.8, 4) is 0 Å². The molecule has 24 heavy (non-hydrogen) atoms. The zero-order valence-electron chi connectivity index (χ0n) is 14.1. The number of carboxylic acid groups (broad SMARTS) is 1. The van der Waals surface area contributed by atoms with Gasteiger partial charge in [0.1, 0.15) is 5.41 Å². The number of carboxylic acids is 1. The molecule has 132 valence electrons. The van der Waals surface area contributed by atoms with E-state index in [9.17, 15) is 19.8 Å². The van der Waals surface area contributed by atoms with Gasteiger partial charge in [-0.15, -0.1) is 0 Å². The zero-order valence-corrected chi connectivity index (χ0v) is 14.1. The Hall–Kier alpha value is -1.92. The van der Waals surface area contributed by atoms with Crippen LogP contribution in [-0.2, 0) is 16.1 Å². The Morgan fingerprint density at radius 1 is 1.33 bits per heavy atom. The second kappa shape index (κ2) is 8.26. The lowest BCUT2D eigenvalue weighted by Crippen LogP contribution is -2.57. The van der Waals surface area contributed by atoms with Crippen LogP contribution in [-0.4, -0.2) is 52.7 Å². The smallest absolute Gasteiger partial charge is 0.313 e. The molecule has 0 radical (unpaired) electrons.